The first-order chi connectivity index (χ1) is 34.7. The molecule has 7 aromatic rings. The topological polar surface area (TPSA) is 176 Å². The Morgan fingerprint density at radius 2 is 1.25 bits per heavy atom. The second-order valence-corrected chi connectivity index (χ2v) is 20.8. The molecule has 6 unspecified atom stereocenters. The summed E-state index contributed by atoms with van der Waals surface area (Å²) in [6.07, 6.45) is 5.54. The van der Waals surface area contributed by atoms with E-state index in [-0.39, 0.29) is 64.6 Å². The highest BCUT2D eigenvalue weighted by Gasteiger charge is 2.48. The van der Waals surface area contributed by atoms with E-state index in [4.69, 9.17) is 20.2 Å². The van der Waals surface area contributed by atoms with Crippen molar-refractivity contribution in [3.05, 3.63) is 142 Å². The predicted octanol–water partition coefficient (Wildman–Crippen LogP) is 9.52. The minimum absolute atomic E-state index is 0.0376. The van der Waals surface area contributed by atoms with Crippen molar-refractivity contribution in [2.45, 2.75) is 102 Å². The molecule has 368 valence electrons. The molecular formula is C56H54F2N8O6. The molecule has 2 amide bonds. The number of hydrogen-bond acceptors (Lipinski definition) is 8. The van der Waals surface area contributed by atoms with Gasteiger partial charge in [-0.2, -0.15) is 10.2 Å². The number of carbonyl (C=O) groups is 4. The fourth-order valence-electron chi connectivity index (χ4n) is 12.1. The zero-order chi connectivity index (χ0) is 49.9. The Balaban J connectivity index is 0.800. The van der Waals surface area contributed by atoms with Gasteiger partial charge in [-0.05, 0) is 148 Å². The number of rotatable bonds is 11. The molecule has 6 heterocycles. The molecule has 4 fully saturated rings. The van der Waals surface area contributed by atoms with Gasteiger partial charge in [0.2, 0.25) is 0 Å². The van der Waals surface area contributed by atoms with Crippen molar-refractivity contribution in [2.24, 2.45) is 23.7 Å². The standard InChI is InChI=1S/C56H54F2N8O6/c1-4-34-21-48(59-51-26-46(61-65(34)51)36-13-11-32(19-44(36)57)39-23-42(39)55(69)70)53(67)63-17-15-31(10-9-28(63)2)38-22-41(38)50-25-49(54(68)64-18-16-30-7-5-6-8-35(30)29(64)3)60-52-27-47(62-66(50)52)37-14-12-33(20-45(37)58)40-24-43(40)56(71)72/h5-8,11-14,19-21,25-29,31,38-43H,4,9-10,15-18,22-24H2,1-3H3,(H,69,70)(H,71,72)/t28-,29-,31?,38?,39?,40?,41?,42-,43?/m1/s1. The Labute approximate surface area is 413 Å². The molecular weight excluding hydrogens is 919 g/mol. The number of likely N-dealkylation sites (tertiary alicyclic amines) is 1. The lowest BCUT2D eigenvalue weighted by molar-refractivity contribution is -0.139. The average Bonchev–Trinajstić information content (AvgIpc) is 4.31. The lowest BCUT2D eigenvalue weighted by Crippen LogP contribution is -2.39. The Kier molecular flexibility index (Phi) is 11.1. The Bertz CT molecular complexity index is 3410. The maximum absolute atomic E-state index is 15.9. The monoisotopic (exact) mass is 972 g/mol. The Morgan fingerprint density at radius 1 is 0.653 bits per heavy atom. The van der Waals surface area contributed by atoms with Gasteiger partial charge in [0.15, 0.2) is 11.3 Å². The average molecular weight is 973 g/mol. The fourth-order valence-corrected chi connectivity index (χ4v) is 12.1. The van der Waals surface area contributed by atoms with Crippen molar-refractivity contribution in [1.29, 1.82) is 0 Å². The first-order valence-electron chi connectivity index (χ1n) is 25.3. The number of carbonyl (C=O) groups excluding carboxylic acids is 2. The van der Waals surface area contributed by atoms with Gasteiger partial charge in [-0.15, -0.1) is 0 Å². The number of hydrogen-bond donors (Lipinski definition) is 2. The minimum Gasteiger partial charge on any atom is -0.481 e. The van der Waals surface area contributed by atoms with Gasteiger partial charge in [-0.1, -0.05) is 43.3 Å². The predicted molar refractivity (Wildman–Crippen MR) is 261 cm³/mol. The van der Waals surface area contributed by atoms with Crippen molar-refractivity contribution >= 4 is 35.0 Å². The number of aliphatic carboxylic acids is 2. The number of aromatic nitrogens is 6. The van der Waals surface area contributed by atoms with Gasteiger partial charge in [-0.3, -0.25) is 19.2 Å². The van der Waals surface area contributed by atoms with E-state index in [9.17, 15) is 29.4 Å². The van der Waals surface area contributed by atoms with Gasteiger partial charge in [0.05, 0.1) is 35.0 Å². The first kappa shape index (κ1) is 45.8. The zero-order valence-electron chi connectivity index (χ0n) is 40.2. The van der Waals surface area contributed by atoms with Gasteiger partial charge >= 0.3 is 11.9 Å². The summed E-state index contributed by atoms with van der Waals surface area (Å²) >= 11 is 0. The van der Waals surface area contributed by atoms with Crippen LogP contribution in [0.4, 0.5) is 8.78 Å². The fraction of sp³-hybridized carbons (Fsp3) is 0.393. The number of benzene rings is 3. The molecule has 2 N–H and O–H groups in total. The lowest BCUT2D eigenvalue weighted by Gasteiger charge is -2.35. The number of aryl methyl sites for hydroxylation is 1. The van der Waals surface area contributed by atoms with Crippen LogP contribution in [0, 0.1) is 35.3 Å². The number of amides is 2. The SMILES string of the molecule is CCc1cc(C(=O)N2CCC(C3CC3c3cc(C(=O)N4CCc5ccccc5[C@H]4C)nc4cc(-c5ccc(C6CC6C(=O)O)cc5F)nn34)CC[C@H]2C)nc2cc(-c3ccc(C4C[C@H]4C(=O)O)cc3F)nn12. The van der Waals surface area contributed by atoms with Gasteiger partial charge in [0.1, 0.15) is 23.0 Å². The Hall–Kier alpha value is -7.36. The van der Waals surface area contributed by atoms with E-state index in [2.05, 4.69) is 19.1 Å². The molecule has 0 spiro atoms. The van der Waals surface area contributed by atoms with Gasteiger partial charge in [0.25, 0.3) is 11.8 Å². The molecule has 5 aliphatic rings. The summed E-state index contributed by atoms with van der Waals surface area (Å²) in [5, 5.41) is 28.5. The van der Waals surface area contributed by atoms with E-state index >= 15 is 8.78 Å². The van der Waals surface area contributed by atoms with Crippen molar-refractivity contribution < 1.29 is 38.2 Å². The molecule has 3 aliphatic carbocycles. The third-order valence-corrected chi connectivity index (χ3v) is 16.5. The van der Waals surface area contributed by atoms with Crippen molar-refractivity contribution in [1.82, 2.24) is 39.0 Å². The molecule has 0 radical (unpaired) electrons. The molecule has 2 aliphatic heterocycles. The van der Waals surface area contributed by atoms with Crippen molar-refractivity contribution in [3.8, 4) is 22.5 Å². The van der Waals surface area contributed by atoms with Crippen LogP contribution in [0.15, 0.2) is 84.9 Å². The second kappa shape index (κ2) is 17.4. The van der Waals surface area contributed by atoms with E-state index < -0.39 is 35.4 Å². The number of carboxylic acids is 2. The molecule has 1 saturated heterocycles. The molecule has 14 nitrogen and oxygen atoms in total. The number of carboxylic acid groups (broad SMARTS) is 2. The number of fused-ring (bicyclic) bond motifs is 3. The van der Waals surface area contributed by atoms with Crippen LogP contribution >= 0.6 is 0 Å². The molecule has 12 rings (SSSR count). The normalized spacial score (nSPS) is 25.5. The summed E-state index contributed by atoms with van der Waals surface area (Å²) in [6.45, 7) is 7.15. The summed E-state index contributed by atoms with van der Waals surface area (Å²) in [7, 11) is 0. The molecule has 4 aromatic heterocycles. The summed E-state index contributed by atoms with van der Waals surface area (Å²) < 4.78 is 34.9. The zero-order valence-corrected chi connectivity index (χ0v) is 40.2. The lowest BCUT2D eigenvalue weighted by atomic mass is 9.92. The van der Waals surface area contributed by atoms with E-state index in [1.165, 1.54) is 17.7 Å². The van der Waals surface area contributed by atoms with Crippen LogP contribution in [-0.2, 0) is 22.4 Å². The third kappa shape index (κ3) is 7.99. The van der Waals surface area contributed by atoms with Gasteiger partial charge in [0, 0.05) is 54.0 Å². The minimum atomic E-state index is -0.879. The van der Waals surface area contributed by atoms with E-state index in [1.807, 2.05) is 41.8 Å². The van der Waals surface area contributed by atoms with Crippen LogP contribution < -0.4 is 0 Å². The number of nitrogens with zero attached hydrogens (tertiary/aromatic N) is 8. The quantitative estimate of drug-likeness (QED) is 0.127. The van der Waals surface area contributed by atoms with E-state index in [0.29, 0.717) is 77.5 Å². The molecule has 72 heavy (non-hydrogen) atoms. The third-order valence-electron chi connectivity index (χ3n) is 16.5. The summed E-state index contributed by atoms with van der Waals surface area (Å²) in [6, 6.07) is 24.7. The van der Waals surface area contributed by atoms with Crippen LogP contribution in [-0.4, -0.2) is 92.1 Å². The molecule has 16 heteroatoms. The smallest absolute Gasteiger partial charge is 0.307 e. The van der Waals surface area contributed by atoms with Crippen LogP contribution in [0.25, 0.3) is 33.8 Å². The summed E-state index contributed by atoms with van der Waals surface area (Å²) in [5.74, 6) is -3.98. The summed E-state index contributed by atoms with van der Waals surface area (Å²) in [4.78, 5) is 65.5. The van der Waals surface area contributed by atoms with Crippen LogP contribution in [0.1, 0.15) is 138 Å². The van der Waals surface area contributed by atoms with Gasteiger partial charge in [-0.25, -0.2) is 27.8 Å². The second-order valence-electron chi connectivity index (χ2n) is 20.8. The molecule has 0 bridgehead atoms. The molecule has 9 atom stereocenters. The van der Waals surface area contributed by atoms with E-state index in [1.54, 1.807) is 51.5 Å². The maximum atomic E-state index is 15.9. The van der Waals surface area contributed by atoms with Crippen LogP contribution in [0.5, 0.6) is 0 Å². The Morgan fingerprint density at radius 3 is 1.86 bits per heavy atom. The largest absolute Gasteiger partial charge is 0.481 e. The van der Waals surface area contributed by atoms with Crippen LogP contribution in [0.2, 0.25) is 0 Å². The molecule has 3 saturated carbocycles. The first-order valence-corrected chi connectivity index (χ1v) is 25.3. The highest BCUT2D eigenvalue weighted by atomic mass is 19.1. The van der Waals surface area contributed by atoms with Crippen molar-refractivity contribution in [3.63, 3.8) is 0 Å². The highest BCUT2D eigenvalue weighted by Crippen LogP contribution is 2.55. The van der Waals surface area contributed by atoms with E-state index in [0.717, 1.165) is 49.1 Å². The molecule has 3 aromatic carbocycles. The highest BCUT2D eigenvalue weighted by molar-refractivity contribution is 5.94. The van der Waals surface area contributed by atoms with Gasteiger partial charge < -0.3 is 20.0 Å². The summed E-state index contributed by atoms with van der Waals surface area (Å²) in [5.41, 5.74) is 8.00. The van der Waals surface area contributed by atoms with Crippen LogP contribution in [0.3, 0.4) is 0 Å². The van der Waals surface area contributed by atoms with Crippen molar-refractivity contribution in [2.75, 3.05) is 13.1 Å². The number of halogens is 2. The maximum Gasteiger partial charge on any atom is 0.307 e.